The van der Waals surface area contributed by atoms with Gasteiger partial charge in [0.25, 0.3) is 5.82 Å². The number of aromatic nitrogens is 2. The number of nitrogens with zero attached hydrogens (tertiary/aromatic N) is 2. The number of phenolic OH excluding ortho intramolecular Hbond substituents is 1. The van der Waals surface area contributed by atoms with Gasteiger partial charge in [0.1, 0.15) is 11.3 Å². The molecule has 0 unspecified atom stereocenters. The molecule has 0 radical (unpaired) electrons. The average Bonchev–Trinajstić information content (AvgIpc) is 2.56. The fourth-order valence-corrected chi connectivity index (χ4v) is 1.44. The number of rotatable bonds is 1. The number of halogens is 3. The highest BCUT2D eigenvalue weighted by molar-refractivity contribution is 5.78. The maximum Gasteiger partial charge on any atom is 0.453 e. The third kappa shape index (κ3) is 2.08. The topological polar surface area (TPSA) is 64.4 Å². The number of benzene rings is 1. The standard InChI is InChI=1S/C10H7F3N2O3/c1-5(16)18-15-8-4-6(17)2-3-7(8)14-9(15)10(11,12)13/h2-4,17H,1H3. The Hall–Kier alpha value is -2.25. The van der Waals surface area contributed by atoms with E-state index >= 15 is 0 Å². The minimum atomic E-state index is -4.77. The largest absolute Gasteiger partial charge is 0.508 e. The van der Waals surface area contributed by atoms with Crippen LogP contribution in [0.25, 0.3) is 11.0 Å². The lowest BCUT2D eigenvalue weighted by Gasteiger charge is -2.09. The molecular weight excluding hydrogens is 253 g/mol. The highest BCUT2D eigenvalue weighted by Crippen LogP contribution is 2.31. The number of phenols is 1. The fourth-order valence-electron chi connectivity index (χ4n) is 1.44. The van der Waals surface area contributed by atoms with Crippen LogP contribution in [0.15, 0.2) is 18.2 Å². The van der Waals surface area contributed by atoms with Gasteiger partial charge >= 0.3 is 12.1 Å². The summed E-state index contributed by atoms with van der Waals surface area (Å²) in [7, 11) is 0. The fraction of sp³-hybridized carbons (Fsp3) is 0.200. The van der Waals surface area contributed by atoms with Gasteiger partial charge in [0, 0.05) is 13.0 Å². The quantitative estimate of drug-likeness (QED) is 0.848. The number of carbonyl (C=O) groups excluding carboxylic acids is 1. The lowest BCUT2D eigenvalue weighted by molar-refractivity contribution is -0.161. The van der Waals surface area contributed by atoms with Crippen LogP contribution in [-0.4, -0.2) is 20.8 Å². The molecule has 1 aromatic heterocycles. The van der Waals surface area contributed by atoms with Crippen molar-refractivity contribution in [2.45, 2.75) is 13.1 Å². The second kappa shape index (κ2) is 3.90. The maximum atomic E-state index is 12.7. The van der Waals surface area contributed by atoms with Crippen LogP contribution in [0.3, 0.4) is 0 Å². The summed E-state index contributed by atoms with van der Waals surface area (Å²) in [5, 5.41) is 9.24. The molecule has 0 saturated carbocycles. The summed E-state index contributed by atoms with van der Waals surface area (Å²) in [6.07, 6.45) is -4.77. The minimum Gasteiger partial charge on any atom is -0.508 e. The highest BCUT2D eigenvalue weighted by atomic mass is 19.4. The van der Waals surface area contributed by atoms with Crippen molar-refractivity contribution in [3.8, 4) is 5.75 Å². The van der Waals surface area contributed by atoms with E-state index in [1.807, 2.05) is 0 Å². The molecule has 0 bridgehead atoms. The summed E-state index contributed by atoms with van der Waals surface area (Å²) in [4.78, 5) is 18.6. The Morgan fingerprint density at radius 2 is 2.11 bits per heavy atom. The van der Waals surface area contributed by atoms with E-state index in [9.17, 15) is 23.1 Å². The smallest absolute Gasteiger partial charge is 0.453 e. The first kappa shape index (κ1) is 12.2. The van der Waals surface area contributed by atoms with Crippen molar-refractivity contribution in [3.63, 3.8) is 0 Å². The van der Waals surface area contributed by atoms with Gasteiger partial charge in [0.15, 0.2) is 0 Å². The molecule has 0 saturated heterocycles. The van der Waals surface area contributed by atoms with Crippen molar-refractivity contribution in [3.05, 3.63) is 24.0 Å². The number of fused-ring (bicyclic) bond motifs is 1. The summed E-state index contributed by atoms with van der Waals surface area (Å²) in [6.45, 7) is 0.967. The van der Waals surface area contributed by atoms with Gasteiger partial charge in [-0.25, -0.2) is 9.78 Å². The Kier molecular flexibility index (Phi) is 2.64. The molecule has 8 heteroatoms. The van der Waals surface area contributed by atoms with E-state index in [4.69, 9.17) is 0 Å². The summed E-state index contributed by atoms with van der Waals surface area (Å²) in [5.74, 6) is -2.55. The zero-order valence-corrected chi connectivity index (χ0v) is 9.02. The van der Waals surface area contributed by atoms with Crippen molar-refractivity contribution in [1.82, 2.24) is 9.71 Å². The molecule has 0 amide bonds. The van der Waals surface area contributed by atoms with E-state index in [0.717, 1.165) is 13.0 Å². The Morgan fingerprint density at radius 3 is 2.67 bits per heavy atom. The van der Waals surface area contributed by atoms with E-state index < -0.39 is 18.0 Å². The third-order valence-electron chi connectivity index (χ3n) is 2.07. The molecule has 0 aliphatic rings. The molecule has 0 fully saturated rings. The highest BCUT2D eigenvalue weighted by Gasteiger charge is 2.39. The van der Waals surface area contributed by atoms with Crippen molar-refractivity contribution in [2.75, 3.05) is 0 Å². The summed E-state index contributed by atoms with van der Waals surface area (Å²) in [5.41, 5.74) is -0.182. The van der Waals surface area contributed by atoms with Gasteiger partial charge in [-0.3, -0.25) is 0 Å². The molecule has 0 aliphatic carbocycles. The summed E-state index contributed by atoms with van der Waals surface area (Å²) < 4.78 is 38.4. The van der Waals surface area contributed by atoms with Crippen molar-refractivity contribution < 1.29 is 27.9 Å². The zero-order valence-electron chi connectivity index (χ0n) is 9.02. The molecule has 2 aromatic rings. The van der Waals surface area contributed by atoms with Crippen LogP contribution in [0, 0.1) is 0 Å². The summed E-state index contributed by atoms with van der Waals surface area (Å²) in [6, 6.07) is 3.41. The van der Waals surface area contributed by atoms with E-state index in [-0.39, 0.29) is 21.5 Å². The molecule has 2 rings (SSSR count). The second-order valence-corrected chi connectivity index (χ2v) is 3.48. The van der Waals surface area contributed by atoms with Crippen LogP contribution < -0.4 is 4.84 Å². The number of hydrogen-bond donors (Lipinski definition) is 1. The van der Waals surface area contributed by atoms with Crippen molar-refractivity contribution in [2.24, 2.45) is 0 Å². The number of imidazole rings is 1. The molecule has 5 nitrogen and oxygen atoms in total. The number of aromatic hydroxyl groups is 1. The molecular formula is C10H7F3N2O3. The first-order valence-electron chi connectivity index (χ1n) is 4.76. The van der Waals surface area contributed by atoms with Crippen LogP contribution in [0.4, 0.5) is 13.2 Å². The number of carbonyl (C=O) groups is 1. The van der Waals surface area contributed by atoms with E-state index in [0.29, 0.717) is 0 Å². The molecule has 1 aromatic carbocycles. The van der Waals surface area contributed by atoms with Crippen LogP contribution >= 0.6 is 0 Å². The molecule has 1 N–H and O–H groups in total. The Morgan fingerprint density at radius 1 is 1.44 bits per heavy atom. The number of hydrogen-bond acceptors (Lipinski definition) is 4. The molecule has 18 heavy (non-hydrogen) atoms. The molecule has 0 atom stereocenters. The molecule has 1 heterocycles. The average molecular weight is 260 g/mol. The molecule has 96 valence electrons. The first-order chi connectivity index (χ1) is 8.29. The van der Waals surface area contributed by atoms with Crippen LogP contribution in [0.2, 0.25) is 0 Å². The van der Waals surface area contributed by atoms with E-state index in [1.165, 1.54) is 12.1 Å². The Bertz CT molecular complexity index is 619. The normalized spacial score (nSPS) is 11.8. The minimum absolute atomic E-state index is 0.0404. The third-order valence-corrected chi connectivity index (χ3v) is 2.07. The van der Waals surface area contributed by atoms with Crippen LogP contribution in [0.5, 0.6) is 5.75 Å². The molecule has 0 spiro atoms. The second-order valence-electron chi connectivity index (χ2n) is 3.48. The SMILES string of the molecule is CC(=O)On1c(C(F)(F)F)nc2ccc(O)cc21. The maximum absolute atomic E-state index is 12.7. The van der Waals surface area contributed by atoms with Gasteiger partial charge < -0.3 is 9.94 Å². The van der Waals surface area contributed by atoms with Gasteiger partial charge in [0.05, 0.1) is 5.52 Å². The van der Waals surface area contributed by atoms with Crippen molar-refractivity contribution >= 4 is 17.0 Å². The Labute approximate surface area is 98.4 Å². The van der Waals surface area contributed by atoms with E-state index in [1.54, 1.807) is 0 Å². The van der Waals surface area contributed by atoms with Gasteiger partial charge in [-0.15, -0.1) is 4.73 Å². The predicted molar refractivity (Wildman–Crippen MR) is 53.7 cm³/mol. The predicted octanol–water partition coefficient (Wildman–Crippen LogP) is 1.74. The van der Waals surface area contributed by atoms with Crippen molar-refractivity contribution in [1.29, 1.82) is 0 Å². The lowest BCUT2D eigenvalue weighted by atomic mass is 10.3. The van der Waals surface area contributed by atoms with Gasteiger partial charge in [-0.2, -0.15) is 13.2 Å². The summed E-state index contributed by atoms with van der Waals surface area (Å²) >= 11 is 0. The monoisotopic (exact) mass is 260 g/mol. The Balaban J connectivity index is 2.73. The lowest BCUT2D eigenvalue weighted by Crippen LogP contribution is -2.23. The van der Waals surface area contributed by atoms with Gasteiger partial charge in [-0.1, -0.05) is 0 Å². The first-order valence-corrected chi connectivity index (χ1v) is 4.76. The molecule has 0 aliphatic heterocycles. The van der Waals surface area contributed by atoms with Gasteiger partial charge in [0.2, 0.25) is 0 Å². The van der Waals surface area contributed by atoms with Gasteiger partial charge in [-0.05, 0) is 12.1 Å². The van der Waals surface area contributed by atoms with Crippen LogP contribution in [0.1, 0.15) is 12.7 Å². The number of alkyl halides is 3. The van der Waals surface area contributed by atoms with E-state index in [2.05, 4.69) is 9.82 Å². The zero-order chi connectivity index (χ0) is 13.5. The van der Waals surface area contributed by atoms with Crippen LogP contribution in [-0.2, 0) is 11.0 Å².